The zero-order valence-electron chi connectivity index (χ0n) is 18.8. The molecule has 0 bridgehead atoms. The number of nitrogens with zero attached hydrogens (tertiary/aromatic N) is 2. The molecule has 0 atom stereocenters. The SMILES string of the molecule is CCOc1ccc(CN2CCN(C(=O)c3ccc(CNC(=O)c4cccs4)cc3)CC2)cc1. The van der Waals surface area contributed by atoms with E-state index in [1.807, 2.05) is 59.7 Å². The van der Waals surface area contributed by atoms with Crippen molar-refractivity contribution in [1.82, 2.24) is 15.1 Å². The maximum absolute atomic E-state index is 12.9. The molecule has 1 aliphatic heterocycles. The van der Waals surface area contributed by atoms with Gasteiger partial charge in [0.25, 0.3) is 11.8 Å². The molecule has 172 valence electrons. The minimum Gasteiger partial charge on any atom is -0.494 e. The Morgan fingerprint density at radius 3 is 2.27 bits per heavy atom. The van der Waals surface area contributed by atoms with E-state index in [9.17, 15) is 9.59 Å². The monoisotopic (exact) mass is 463 g/mol. The molecule has 2 heterocycles. The molecule has 0 unspecified atom stereocenters. The Morgan fingerprint density at radius 2 is 1.64 bits per heavy atom. The van der Waals surface area contributed by atoms with Gasteiger partial charge >= 0.3 is 0 Å². The molecular weight excluding hydrogens is 434 g/mol. The number of nitrogens with one attached hydrogen (secondary N) is 1. The molecule has 0 aliphatic carbocycles. The molecule has 33 heavy (non-hydrogen) atoms. The first kappa shape index (κ1) is 23.0. The lowest BCUT2D eigenvalue weighted by Crippen LogP contribution is -2.48. The second-order valence-corrected chi connectivity index (χ2v) is 8.95. The molecule has 1 fully saturated rings. The minimum absolute atomic E-state index is 0.0601. The summed E-state index contributed by atoms with van der Waals surface area (Å²) in [6.45, 7) is 7.11. The summed E-state index contributed by atoms with van der Waals surface area (Å²) < 4.78 is 5.50. The van der Waals surface area contributed by atoms with E-state index in [1.165, 1.54) is 16.9 Å². The number of carbonyl (C=O) groups is 2. The number of hydrogen-bond acceptors (Lipinski definition) is 5. The summed E-state index contributed by atoms with van der Waals surface area (Å²) in [6.07, 6.45) is 0. The van der Waals surface area contributed by atoms with Gasteiger partial charge in [-0.2, -0.15) is 0 Å². The van der Waals surface area contributed by atoms with Crippen molar-refractivity contribution in [3.05, 3.63) is 87.6 Å². The average molecular weight is 464 g/mol. The van der Waals surface area contributed by atoms with Gasteiger partial charge in [-0.1, -0.05) is 30.3 Å². The Morgan fingerprint density at radius 1 is 0.939 bits per heavy atom. The quantitative estimate of drug-likeness (QED) is 0.548. The standard InChI is InChI=1S/C26H29N3O3S/c1-2-32-23-11-7-21(8-12-23)19-28-13-15-29(16-14-28)26(31)22-9-5-20(6-10-22)18-27-25(30)24-4-3-17-33-24/h3-12,17H,2,13-16,18-19H2,1H3,(H,27,30). The molecule has 6 nitrogen and oxygen atoms in total. The number of ether oxygens (including phenoxy) is 1. The number of thiophene rings is 1. The molecule has 1 N–H and O–H groups in total. The third-order valence-electron chi connectivity index (χ3n) is 5.70. The van der Waals surface area contributed by atoms with Crippen LogP contribution in [0.15, 0.2) is 66.0 Å². The third kappa shape index (κ3) is 6.21. The summed E-state index contributed by atoms with van der Waals surface area (Å²) in [7, 11) is 0. The Kier molecular flexibility index (Phi) is 7.75. The lowest BCUT2D eigenvalue weighted by atomic mass is 10.1. The minimum atomic E-state index is -0.0757. The molecule has 0 saturated carbocycles. The molecule has 1 saturated heterocycles. The molecule has 4 rings (SSSR count). The van der Waals surface area contributed by atoms with Crippen molar-refractivity contribution in [3.63, 3.8) is 0 Å². The average Bonchev–Trinajstić information content (AvgIpc) is 3.40. The van der Waals surface area contributed by atoms with Crippen LogP contribution in [0, 0.1) is 0 Å². The predicted octanol–water partition coefficient (Wildman–Crippen LogP) is 4.03. The fourth-order valence-corrected chi connectivity index (χ4v) is 4.49. The van der Waals surface area contributed by atoms with Gasteiger partial charge in [-0.25, -0.2) is 0 Å². The summed E-state index contributed by atoms with van der Waals surface area (Å²) in [4.78, 5) is 30.0. The van der Waals surface area contributed by atoms with Gasteiger partial charge in [0.2, 0.25) is 0 Å². The summed E-state index contributed by atoms with van der Waals surface area (Å²) >= 11 is 1.42. The van der Waals surface area contributed by atoms with Crippen LogP contribution in [-0.2, 0) is 13.1 Å². The first-order valence-electron chi connectivity index (χ1n) is 11.3. The number of benzene rings is 2. The molecule has 0 spiro atoms. The fraction of sp³-hybridized carbons (Fsp3) is 0.308. The normalized spacial score (nSPS) is 14.2. The van der Waals surface area contributed by atoms with Gasteiger partial charge in [-0.05, 0) is 53.8 Å². The van der Waals surface area contributed by atoms with E-state index in [-0.39, 0.29) is 11.8 Å². The largest absolute Gasteiger partial charge is 0.494 e. The number of carbonyl (C=O) groups excluding carboxylic acids is 2. The molecule has 1 aliphatic rings. The van der Waals surface area contributed by atoms with Crippen molar-refractivity contribution in [1.29, 1.82) is 0 Å². The highest BCUT2D eigenvalue weighted by molar-refractivity contribution is 7.12. The maximum Gasteiger partial charge on any atom is 0.261 e. The van der Waals surface area contributed by atoms with Crippen LogP contribution in [-0.4, -0.2) is 54.4 Å². The van der Waals surface area contributed by atoms with E-state index >= 15 is 0 Å². The highest BCUT2D eigenvalue weighted by atomic mass is 32.1. The Hall–Kier alpha value is -3.16. The van der Waals surface area contributed by atoms with Crippen molar-refractivity contribution < 1.29 is 14.3 Å². The summed E-state index contributed by atoms with van der Waals surface area (Å²) in [5.74, 6) is 0.880. The topological polar surface area (TPSA) is 61.9 Å². The molecular formula is C26H29N3O3S. The zero-order chi connectivity index (χ0) is 23.0. The van der Waals surface area contributed by atoms with Crippen molar-refractivity contribution in [2.75, 3.05) is 32.8 Å². The van der Waals surface area contributed by atoms with Crippen molar-refractivity contribution in [2.24, 2.45) is 0 Å². The van der Waals surface area contributed by atoms with E-state index in [1.54, 1.807) is 6.07 Å². The second kappa shape index (κ2) is 11.1. The number of rotatable bonds is 8. The summed E-state index contributed by atoms with van der Waals surface area (Å²) in [6, 6.07) is 19.4. The van der Waals surface area contributed by atoms with Crippen LogP contribution in [0.3, 0.4) is 0 Å². The van der Waals surface area contributed by atoms with Crippen LogP contribution in [0.5, 0.6) is 5.75 Å². The first-order chi connectivity index (χ1) is 16.1. The number of hydrogen-bond donors (Lipinski definition) is 1. The number of amides is 2. The number of piperazine rings is 1. The van der Waals surface area contributed by atoms with Gasteiger partial charge in [0.15, 0.2) is 0 Å². The van der Waals surface area contributed by atoms with Gasteiger partial charge in [0, 0.05) is 44.8 Å². The van der Waals surface area contributed by atoms with Gasteiger partial charge in [0.1, 0.15) is 5.75 Å². The predicted molar refractivity (Wildman–Crippen MR) is 131 cm³/mol. The van der Waals surface area contributed by atoms with E-state index in [4.69, 9.17) is 4.74 Å². The summed E-state index contributed by atoms with van der Waals surface area (Å²) in [5.41, 5.74) is 2.90. The highest BCUT2D eigenvalue weighted by Crippen LogP contribution is 2.16. The Labute approximate surface area is 198 Å². The fourth-order valence-electron chi connectivity index (χ4n) is 3.85. The van der Waals surface area contributed by atoms with Crippen LogP contribution in [0.2, 0.25) is 0 Å². The third-order valence-corrected chi connectivity index (χ3v) is 6.57. The van der Waals surface area contributed by atoms with E-state index < -0.39 is 0 Å². The van der Waals surface area contributed by atoms with Crippen LogP contribution < -0.4 is 10.1 Å². The smallest absolute Gasteiger partial charge is 0.261 e. The lowest BCUT2D eigenvalue weighted by molar-refractivity contribution is 0.0628. The van der Waals surface area contributed by atoms with E-state index in [2.05, 4.69) is 22.3 Å². The zero-order valence-corrected chi connectivity index (χ0v) is 19.6. The Bertz CT molecular complexity index is 1040. The maximum atomic E-state index is 12.9. The van der Waals surface area contributed by atoms with Crippen molar-refractivity contribution in [2.45, 2.75) is 20.0 Å². The van der Waals surface area contributed by atoms with Crippen LogP contribution >= 0.6 is 11.3 Å². The van der Waals surface area contributed by atoms with Crippen molar-refractivity contribution in [3.8, 4) is 5.75 Å². The summed E-state index contributed by atoms with van der Waals surface area (Å²) in [5, 5.41) is 4.80. The highest BCUT2D eigenvalue weighted by Gasteiger charge is 2.22. The molecule has 1 aromatic heterocycles. The second-order valence-electron chi connectivity index (χ2n) is 8.00. The molecule has 7 heteroatoms. The van der Waals surface area contributed by atoms with E-state index in [0.717, 1.165) is 30.9 Å². The first-order valence-corrected chi connectivity index (χ1v) is 12.1. The lowest BCUT2D eigenvalue weighted by Gasteiger charge is -2.34. The van der Waals surface area contributed by atoms with E-state index in [0.29, 0.717) is 36.7 Å². The van der Waals surface area contributed by atoms with Gasteiger partial charge in [-0.15, -0.1) is 11.3 Å². The van der Waals surface area contributed by atoms with Gasteiger partial charge in [0.05, 0.1) is 11.5 Å². The van der Waals surface area contributed by atoms with Crippen LogP contribution in [0.4, 0.5) is 0 Å². The molecule has 3 aromatic rings. The van der Waals surface area contributed by atoms with Gasteiger partial charge < -0.3 is 15.0 Å². The van der Waals surface area contributed by atoms with Gasteiger partial charge in [-0.3, -0.25) is 14.5 Å². The molecule has 2 aromatic carbocycles. The molecule has 2 amide bonds. The van der Waals surface area contributed by atoms with Crippen LogP contribution in [0.25, 0.3) is 0 Å². The molecule has 0 radical (unpaired) electrons. The Balaban J connectivity index is 1.24. The van der Waals surface area contributed by atoms with Crippen LogP contribution in [0.1, 0.15) is 38.1 Å². The van der Waals surface area contributed by atoms with Crippen molar-refractivity contribution >= 4 is 23.2 Å².